The Morgan fingerprint density at radius 1 is 1.15 bits per heavy atom. The normalized spacial score (nSPS) is 12.9. The zero-order chi connectivity index (χ0) is 24.0. The molecule has 6 heteroatoms. The summed E-state index contributed by atoms with van der Waals surface area (Å²) in [6.07, 6.45) is 1.70. The van der Waals surface area contributed by atoms with Crippen molar-refractivity contribution in [2.45, 2.75) is 45.1 Å². The molecule has 1 amide bonds. The Kier molecular flexibility index (Phi) is 7.34. The predicted octanol–water partition coefficient (Wildman–Crippen LogP) is 4.83. The number of carbonyl (C=O) groups is 1. The molecule has 0 aliphatic rings. The van der Waals surface area contributed by atoms with Crippen molar-refractivity contribution in [1.29, 1.82) is 5.26 Å². The highest BCUT2D eigenvalue weighted by Crippen LogP contribution is 2.33. The highest BCUT2D eigenvalue weighted by atomic mass is 16.5. The molecule has 0 fully saturated rings. The van der Waals surface area contributed by atoms with Crippen LogP contribution in [0.4, 0.5) is 0 Å². The number of aryl methyl sites for hydroxylation is 1. The maximum atomic E-state index is 13.0. The molecular weight excluding hydrogens is 414 g/mol. The van der Waals surface area contributed by atoms with Crippen molar-refractivity contribution >= 4 is 5.91 Å². The SMILES string of the molecule is Cc1ccc(OC(C)(C)C(=O)NCC(c2cccc(C#N)c2)C(C)c2ccc(O)cc2)nc1. The summed E-state index contributed by atoms with van der Waals surface area (Å²) in [6.45, 7) is 7.77. The molecule has 170 valence electrons. The quantitative estimate of drug-likeness (QED) is 0.520. The van der Waals surface area contributed by atoms with E-state index in [4.69, 9.17) is 4.74 Å². The zero-order valence-corrected chi connectivity index (χ0v) is 19.4. The lowest BCUT2D eigenvalue weighted by Crippen LogP contribution is -2.48. The van der Waals surface area contributed by atoms with Crippen LogP contribution in [0.3, 0.4) is 0 Å². The number of phenols is 1. The topological polar surface area (TPSA) is 95.2 Å². The van der Waals surface area contributed by atoms with Crippen LogP contribution >= 0.6 is 0 Å². The molecular formula is C27H29N3O3. The molecule has 3 aromatic rings. The first-order chi connectivity index (χ1) is 15.7. The number of rotatable bonds is 8. The third kappa shape index (κ3) is 6.11. The largest absolute Gasteiger partial charge is 0.508 e. The lowest BCUT2D eigenvalue weighted by atomic mass is 9.82. The summed E-state index contributed by atoms with van der Waals surface area (Å²) in [5.41, 5.74) is 2.43. The molecule has 1 heterocycles. The number of hydrogen-bond donors (Lipinski definition) is 2. The van der Waals surface area contributed by atoms with Crippen molar-refractivity contribution in [3.05, 3.63) is 89.1 Å². The second-order valence-corrected chi connectivity index (χ2v) is 8.72. The smallest absolute Gasteiger partial charge is 0.263 e. The summed E-state index contributed by atoms with van der Waals surface area (Å²) in [5.74, 6) is 0.245. The minimum Gasteiger partial charge on any atom is -0.508 e. The zero-order valence-electron chi connectivity index (χ0n) is 19.4. The van der Waals surface area contributed by atoms with Gasteiger partial charge in [0.05, 0.1) is 11.6 Å². The molecule has 3 rings (SSSR count). The first-order valence-electron chi connectivity index (χ1n) is 10.9. The van der Waals surface area contributed by atoms with E-state index in [1.54, 1.807) is 44.3 Å². The van der Waals surface area contributed by atoms with E-state index >= 15 is 0 Å². The number of aromatic nitrogens is 1. The molecule has 6 nitrogen and oxygen atoms in total. The van der Waals surface area contributed by atoms with Gasteiger partial charge in [-0.25, -0.2) is 4.98 Å². The Morgan fingerprint density at radius 2 is 1.88 bits per heavy atom. The molecule has 0 spiro atoms. The van der Waals surface area contributed by atoms with E-state index in [0.29, 0.717) is 18.0 Å². The molecule has 0 saturated carbocycles. The third-order valence-corrected chi connectivity index (χ3v) is 5.74. The molecule has 2 unspecified atom stereocenters. The number of aromatic hydroxyl groups is 1. The second kappa shape index (κ2) is 10.2. The molecule has 0 aliphatic carbocycles. The molecule has 0 saturated heterocycles. The van der Waals surface area contributed by atoms with Crippen LogP contribution in [-0.4, -0.2) is 28.1 Å². The van der Waals surface area contributed by atoms with Gasteiger partial charge in [-0.3, -0.25) is 4.79 Å². The van der Waals surface area contributed by atoms with Crippen molar-refractivity contribution in [3.8, 4) is 17.7 Å². The van der Waals surface area contributed by atoms with Crippen molar-refractivity contribution in [1.82, 2.24) is 10.3 Å². The number of benzene rings is 2. The molecule has 0 radical (unpaired) electrons. The van der Waals surface area contributed by atoms with Crippen LogP contribution < -0.4 is 10.1 Å². The van der Waals surface area contributed by atoms with Gasteiger partial charge in [0.15, 0.2) is 5.60 Å². The van der Waals surface area contributed by atoms with E-state index in [2.05, 4.69) is 23.3 Å². The predicted molar refractivity (Wildman–Crippen MR) is 127 cm³/mol. The first kappa shape index (κ1) is 23.8. The van der Waals surface area contributed by atoms with Gasteiger partial charge in [0.2, 0.25) is 5.88 Å². The minimum atomic E-state index is -1.12. The van der Waals surface area contributed by atoms with Gasteiger partial charge in [0.1, 0.15) is 5.75 Å². The number of ether oxygens (including phenoxy) is 1. The Bertz CT molecular complexity index is 1130. The average Bonchev–Trinajstić information content (AvgIpc) is 2.81. The average molecular weight is 444 g/mol. The molecule has 2 atom stereocenters. The Balaban J connectivity index is 1.80. The van der Waals surface area contributed by atoms with Gasteiger partial charge in [-0.1, -0.05) is 37.3 Å². The van der Waals surface area contributed by atoms with Crippen molar-refractivity contribution in [3.63, 3.8) is 0 Å². The number of phenolic OH excluding ortho intramolecular Hbond substituents is 1. The first-order valence-corrected chi connectivity index (χ1v) is 10.9. The van der Waals surface area contributed by atoms with Gasteiger partial charge in [-0.2, -0.15) is 5.26 Å². The fourth-order valence-corrected chi connectivity index (χ4v) is 3.67. The fourth-order valence-electron chi connectivity index (χ4n) is 3.67. The Morgan fingerprint density at radius 3 is 2.52 bits per heavy atom. The van der Waals surface area contributed by atoms with Crippen LogP contribution in [0.1, 0.15) is 54.9 Å². The lowest BCUT2D eigenvalue weighted by molar-refractivity contribution is -0.134. The van der Waals surface area contributed by atoms with E-state index in [-0.39, 0.29) is 23.5 Å². The van der Waals surface area contributed by atoms with Crippen LogP contribution in [0.5, 0.6) is 11.6 Å². The Labute approximate surface area is 194 Å². The second-order valence-electron chi connectivity index (χ2n) is 8.72. The highest BCUT2D eigenvalue weighted by molar-refractivity contribution is 5.84. The van der Waals surface area contributed by atoms with Crippen molar-refractivity contribution in [2.24, 2.45) is 0 Å². The molecule has 2 N–H and O–H groups in total. The summed E-state index contributed by atoms with van der Waals surface area (Å²) < 4.78 is 5.86. The number of pyridine rings is 1. The van der Waals surface area contributed by atoms with Crippen molar-refractivity contribution < 1.29 is 14.6 Å². The number of hydrogen-bond acceptors (Lipinski definition) is 5. The summed E-state index contributed by atoms with van der Waals surface area (Å²) >= 11 is 0. The number of amides is 1. The molecule has 0 bridgehead atoms. The Hall–Kier alpha value is -3.85. The number of nitrogens with one attached hydrogen (secondary N) is 1. The summed E-state index contributed by atoms with van der Waals surface area (Å²) in [5, 5.41) is 22.0. The maximum absolute atomic E-state index is 13.0. The van der Waals surface area contributed by atoms with Gasteiger partial charge in [-0.05, 0) is 67.6 Å². The van der Waals surface area contributed by atoms with Gasteiger partial charge in [0.25, 0.3) is 5.91 Å². The van der Waals surface area contributed by atoms with E-state index < -0.39 is 5.60 Å². The van der Waals surface area contributed by atoms with Gasteiger partial charge in [-0.15, -0.1) is 0 Å². The van der Waals surface area contributed by atoms with E-state index in [1.807, 2.05) is 43.3 Å². The summed E-state index contributed by atoms with van der Waals surface area (Å²) in [4.78, 5) is 17.3. The molecule has 33 heavy (non-hydrogen) atoms. The van der Waals surface area contributed by atoms with E-state index in [0.717, 1.165) is 16.7 Å². The van der Waals surface area contributed by atoms with E-state index in [9.17, 15) is 15.2 Å². The highest BCUT2D eigenvalue weighted by Gasteiger charge is 2.32. The van der Waals surface area contributed by atoms with Gasteiger partial charge >= 0.3 is 0 Å². The standard InChI is InChI=1S/C27H29N3O3/c1-18-8-13-25(29-16-18)33-27(3,4)26(32)30-17-24(22-7-5-6-20(14-22)15-28)19(2)21-9-11-23(31)12-10-21/h5-14,16,19,24,31H,17H2,1-4H3,(H,30,32). The van der Waals surface area contributed by atoms with Crippen molar-refractivity contribution in [2.75, 3.05) is 6.54 Å². The molecule has 2 aromatic carbocycles. The number of carbonyl (C=O) groups excluding carboxylic acids is 1. The van der Waals surface area contributed by atoms with Crippen LogP contribution in [0, 0.1) is 18.3 Å². The fraction of sp³-hybridized carbons (Fsp3) is 0.296. The number of nitrogens with zero attached hydrogens (tertiary/aromatic N) is 2. The summed E-state index contributed by atoms with van der Waals surface area (Å²) in [7, 11) is 0. The maximum Gasteiger partial charge on any atom is 0.263 e. The third-order valence-electron chi connectivity index (χ3n) is 5.74. The van der Waals surface area contributed by atoms with Crippen LogP contribution in [0.2, 0.25) is 0 Å². The molecule has 1 aromatic heterocycles. The van der Waals surface area contributed by atoms with Crippen LogP contribution in [-0.2, 0) is 4.79 Å². The van der Waals surface area contributed by atoms with Gasteiger partial charge < -0.3 is 15.2 Å². The van der Waals surface area contributed by atoms with E-state index in [1.165, 1.54) is 0 Å². The monoisotopic (exact) mass is 443 g/mol. The summed E-state index contributed by atoms with van der Waals surface area (Å²) in [6, 6.07) is 20.3. The van der Waals surface area contributed by atoms with Crippen LogP contribution in [0.25, 0.3) is 0 Å². The number of nitriles is 1. The molecule has 0 aliphatic heterocycles. The minimum absolute atomic E-state index is 0.0163. The van der Waals surface area contributed by atoms with Gasteiger partial charge in [0, 0.05) is 24.7 Å². The lowest BCUT2D eigenvalue weighted by Gasteiger charge is -2.29. The van der Waals surface area contributed by atoms with Crippen LogP contribution in [0.15, 0.2) is 66.9 Å².